The Bertz CT molecular complexity index is 6210. The van der Waals surface area contributed by atoms with Crippen LogP contribution in [-0.4, -0.2) is 21.5 Å². The van der Waals surface area contributed by atoms with E-state index in [1.54, 1.807) is 0 Å². The van der Waals surface area contributed by atoms with Crippen molar-refractivity contribution in [3.8, 4) is 0 Å². The molecule has 12 aromatic carbocycles. The second-order valence-electron chi connectivity index (χ2n) is 27.6. The molecule has 0 amide bonds. The molecular formula is C81H15BF45N3O3. The summed E-state index contributed by atoms with van der Waals surface area (Å²) in [6.45, 7) is 0. The van der Waals surface area contributed by atoms with Crippen LogP contribution in [0.1, 0.15) is 66.8 Å². The van der Waals surface area contributed by atoms with E-state index in [4.69, 9.17) is 14.3 Å². The van der Waals surface area contributed by atoms with Crippen molar-refractivity contribution in [2.45, 2.75) is 16.2 Å². The number of fused-ring (bicyclic) bond motifs is 3. The van der Waals surface area contributed by atoms with Crippen LogP contribution in [0.25, 0.3) is 32.7 Å². The van der Waals surface area contributed by atoms with Crippen molar-refractivity contribution < 1.29 is 212 Å². The van der Waals surface area contributed by atoms with Gasteiger partial charge in [0, 0.05) is 84.8 Å². The molecule has 0 N–H and O–H groups in total. The maximum absolute atomic E-state index is 16.8. The number of halogens is 45. The molecule has 3 heterocycles. The van der Waals surface area contributed by atoms with Crippen LogP contribution in [0.3, 0.4) is 0 Å². The van der Waals surface area contributed by atoms with Crippen LogP contribution in [-0.2, 0) is 16.2 Å². The van der Waals surface area contributed by atoms with Crippen molar-refractivity contribution in [2.24, 2.45) is 0 Å². The fraction of sp³-hybridized carbons (Fsp3) is 0.0370. The van der Waals surface area contributed by atoms with E-state index in [-0.39, 0.29) is 87.4 Å². The van der Waals surface area contributed by atoms with Gasteiger partial charge in [-0.1, -0.05) is 18.2 Å². The van der Waals surface area contributed by atoms with E-state index in [1.165, 1.54) is 0 Å². The predicted octanol–water partition coefficient (Wildman–Crippen LogP) is 23.6. The minimum Gasteiger partial charge on any atom is -0.396 e. The van der Waals surface area contributed by atoms with Gasteiger partial charge in [0.1, 0.15) is 0 Å². The molecule has 0 saturated carbocycles. The van der Waals surface area contributed by atoms with Gasteiger partial charge in [0.15, 0.2) is 209 Å². The molecule has 0 aliphatic carbocycles. The summed E-state index contributed by atoms with van der Waals surface area (Å²) in [5.74, 6) is -158. The largest absolute Gasteiger partial charge is 0.926 e. The lowest BCUT2D eigenvalue weighted by atomic mass is 9.63. The lowest BCUT2D eigenvalue weighted by Crippen LogP contribution is -2.48. The third-order valence-corrected chi connectivity index (χ3v) is 21.1. The summed E-state index contributed by atoms with van der Waals surface area (Å²) in [4.78, 5) is 0. The smallest absolute Gasteiger partial charge is 0.396 e. The molecule has 0 unspecified atom stereocenters. The lowest BCUT2D eigenvalue weighted by molar-refractivity contribution is 0.0793. The highest BCUT2D eigenvalue weighted by molar-refractivity contribution is 6.37. The molecule has 690 valence electrons. The van der Waals surface area contributed by atoms with Gasteiger partial charge in [0.05, 0.1) is 32.8 Å². The number of hydrogen-bond acceptors (Lipinski definition) is 3. The van der Waals surface area contributed by atoms with Gasteiger partial charge in [-0.15, -0.1) is 0 Å². The van der Waals surface area contributed by atoms with Crippen molar-refractivity contribution in [3.05, 3.63) is 420 Å². The molecule has 133 heavy (non-hydrogen) atoms. The van der Waals surface area contributed by atoms with Gasteiger partial charge >= 0.3 is 7.32 Å². The first-order chi connectivity index (χ1) is 62.2. The number of aromatic nitrogens is 3. The summed E-state index contributed by atoms with van der Waals surface area (Å²) < 4.78 is 738. The Hall–Kier alpha value is -14.4. The SMILES string of the molecule is Fc1c(F)c(F)c(C(c2ccc3c(ccn3OB(On3ccc4cc(C(c5c(F)c(F)c(F)c(F)c5F)(c5c(F)c(F)c(F)c(F)c5F)c5c(F)c(F)c(F)c(F)c5F)ccc43)On3ccc4cc(C(c5c(F)c(F)c(F)c(F)c5F)(c5c(F)c(F)c(F)c(F)c5F)c5c(F)c(F)c(F)c(F)c5F)ccc43)c2)(c2c(F)c(F)c(F)c(F)c2F)c2c(F)c(F)c(F)c(F)c2F)c(F)c1F. The van der Waals surface area contributed by atoms with E-state index >= 15 is 158 Å². The Labute approximate surface area is 700 Å². The molecule has 0 fully saturated rings. The van der Waals surface area contributed by atoms with Gasteiger partial charge < -0.3 is 14.3 Å². The van der Waals surface area contributed by atoms with Crippen molar-refractivity contribution in [1.82, 2.24) is 14.2 Å². The standard InChI is InChI=1S/C81H15BF45N3O3/c83-34-25(35(84)53(102)70(119)52(34)101)79(26-36(85)54(103)71(120)55(104)37(26)86,27-38(87)56(105)72(121)57(106)39(27)88)19-1-4-22-16(13-19)7-10-128(22)131-82(132-129-11-8-17-14-20(2-5-23(17)129)80(28-40(89)58(107)73(122)59(108)41(28)90,29-42(91)60(109)74(123)61(110)43(29)92)30-44(93)62(111)75(124)63(112)45(30)94)133-130-12-9-18-15-21(3-6-24(18)130)81(31-46(95)64(113)76(125)65(114)47(31)96,32-48(97)66(115)77(126)67(116)49(32)98)33-50(99)68(117)78(127)69(118)51(33)100/h1-15H. The Morgan fingerprint density at radius 1 is 0.150 bits per heavy atom. The molecule has 0 spiro atoms. The minimum absolute atomic E-state index is 0.0206. The van der Waals surface area contributed by atoms with Crippen LogP contribution in [0.15, 0.2) is 91.4 Å². The van der Waals surface area contributed by atoms with E-state index in [0.717, 1.165) is 0 Å². The van der Waals surface area contributed by atoms with Crippen LogP contribution < -0.4 is 14.3 Å². The average molecular weight is 1940 g/mol. The zero-order valence-corrected chi connectivity index (χ0v) is 61.8. The first-order valence-corrected chi connectivity index (χ1v) is 34.8. The van der Waals surface area contributed by atoms with Crippen molar-refractivity contribution in [3.63, 3.8) is 0 Å². The van der Waals surface area contributed by atoms with Crippen LogP contribution in [0, 0.1) is 262 Å². The first kappa shape index (κ1) is 93.3. The van der Waals surface area contributed by atoms with E-state index in [0.29, 0.717) is 18.2 Å². The van der Waals surface area contributed by atoms with Crippen LogP contribution in [0.4, 0.5) is 198 Å². The summed E-state index contributed by atoms with van der Waals surface area (Å²) in [5.41, 5.74) is -56.2. The van der Waals surface area contributed by atoms with Gasteiger partial charge in [0.25, 0.3) is 0 Å². The zero-order chi connectivity index (χ0) is 97.9. The molecule has 0 saturated heterocycles. The average Bonchev–Trinajstić information content (AvgIpc) is 1.32. The highest BCUT2D eigenvalue weighted by atomic mass is 19.2. The lowest BCUT2D eigenvalue weighted by Gasteiger charge is -2.38. The second-order valence-corrected chi connectivity index (χ2v) is 27.6. The normalized spacial score (nSPS) is 12.2. The fourth-order valence-electron chi connectivity index (χ4n) is 15.5. The topological polar surface area (TPSA) is 42.5 Å². The van der Waals surface area contributed by atoms with Gasteiger partial charge in [-0.3, -0.25) is 0 Å². The second kappa shape index (κ2) is 32.3. The highest BCUT2D eigenvalue weighted by Crippen LogP contribution is 2.59. The monoisotopic (exact) mass is 1940 g/mol. The third-order valence-electron chi connectivity index (χ3n) is 21.1. The Kier molecular flexibility index (Phi) is 22.6. The molecule has 15 rings (SSSR count). The number of benzene rings is 12. The summed E-state index contributed by atoms with van der Waals surface area (Å²) in [7, 11) is -3.38. The summed E-state index contributed by atoms with van der Waals surface area (Å²) in [6.07, 6.45) is 0.835. The molecule has 0 bridgehead atoms. The maximum Gasteiger partial charge on any atom is 0.926 e. The molecule has 15 aromatic rings. The van der Waals surface area contributed by atoms with Gasteiger partial charge in [-0.25, -0.2) is 212 Å². The van der Waals surface area contributed by atoms with Crippen molar-refractivity contribution >= 4 is 40.0 Å². The van der Waals surface area contributed by atoms with Gasteiger partial charge in [-0.2, -0.15) is 0 Å². The molecule has 0 radical (unpaired) electrons. The Morgan fingerprint density at radius 3 is 0.383 bits per heavy atom. The first-order valence-electron chi connectivity index (χ1n) is 34.8. The van der Waals surface area contributed by atoms with Gasteiger partial charge in [-0.05, 0) is 71.3 Å². The van der Waals surface area contributed by atoms with Crippen molar-refractivity contribution in [2.75, 3.05) is 0 Å². The van der Waals surface area contributed by atoms with E-state index in [1.807, 2.05) is 0 Å². The van der Waals surface area contributed by atoms with Crippen LogP contribution >= 0.6 is 0 Å². The number of nitrogens with zero attached hydrogens (tertiary/aromatic N) is 3. The third kappa shape index (κ3) is 12.7. The quantitative estimate of drug-likeness (QED) is 0.0283. The van der Waals surface area contributed by atoms with E-state index in [2.05, 4.69) is 0 Å². The molecule has 6 nitrogen and oxygen atoms in total. The molecular weight excluding hydrogens is 1930 g/mol. The van der Waals surface area contributed by atoms with Crippen molar-refractivity contribution in [1.29, 1.82) is 0 Å². The summed E-state index contributed by atoms with van der Waals surface area (Å²) in [6, 6.07) is -0.145. The molecule has 52 heteroatoms. The van der Waals surface area contributed by atoms with Crippen LogP contribution in [0.2, 0.25) is 0 Å². The molecule has 0 aliphatic rings. The summed E-state index contributed by atoms with van der Waals surface area (Å²) in [5, 5.41) is -3.68. The Balaban J connectivity index is 1.00. The molecule has 3 aromatic heterocycles. The molecule has 0 aliphatic heterocycles. The minimum atomic E-state index is -5.50. The zero-order valence-electron chi connectivity index (χ0n) is 61.8. The Morgan fingerprint density at radius 2 is 0.263 bits per heavy atom. The number of hydrogen-bond donors (Lipinski definition) is 0. The fourth-order valence-corrected chi connectivity index (χ4v) is 15.5. The highest BCUT2D eigenvalue weighted by Gasteiger charge is 2.60. The van der Waals surface area contributed by atoms with Crippen LogP contribution in [0.5, 0.6) is 0 Å². The maximum atomic E-state index is 16.8. The molecule has 0 atom stereocenters. The predicted molar refractivity (Wildman–Crippen MR) is 354 cm³/mol. The van der Waals surface area contributed by atoms with E-state index in [9.17, 15) is 39.5 Å². The number of rotatable bonds is 18. The van der Waals surface area contributed by atoms with Gasteiger partial charge in [0.2, 0.25) is 52.4 Å². The summed E-state index contributed by atoms with van der Waals surface area (Å²) >= 11 is 0. The van der Waals surface area contributed by atoms with E-state index < -0.39 is 385 Å².